The normalized spacial score (nSPS) is 22.6. The number of imide groups is 2. The molecule has 2 aromatic rings. The first kappa shape index (κ1) is 89.8. The average Bonchev–Trinajstić information content (AvgIpc) is 1.60. The molecule has 6 aliphatic rings. The van der Waals surface area contributed by atoms with Gasteiger partial charge in [0, 0.05) is 111 Å². The molecule has 18 nitrogen and oxygen atoms in total. The smallest absolute Gasteiger partial charge is 0.300 e. The summed E-state index contributed by atoms with van der Waals surface area (Å²) in [6.45, 7) is 16.7. The molecule has 529 valence electrons. The van der Waals surface area contributed by atoms with E-state index >= 15 is 0 Å². The zero-order valence-corrected chi connectivity index (χ0v) is 59.8. The van der Waals surface area contributed by atoms with Crippen LogP contribution in [0.5, 0.6) is 0 Å². The molecule has 7 atom stereocenters. The third-order valence-corrected chi connectivity index (χ3v) is 21.5. The van der Waals surface area contributed by atoms with Crippen molar-refractivity contribution < 1.29 is 103 Å². The first-order chi connectivity index (χ1) is 42.1. The summed E-state index contributed by atoms with van der Waals surface area (Å²) in [4.78, 5) is 91.3. The number of nitrogens with zero attached hydrogens (tertiary/aromatic N) is 2. The summed E-state index contributed by atoms with van der Waals surface area (Å²) >= 11 is 5.47. The molecular weight excluding hydrogens is 1370 g/mol. The third kappa shape index (κ3) is 30.2. The van der Waals surface area contributed by atoms with Crippen molar-refractivity contribution in [1.29, 1.82) is 0 Å². The fourth-order valence-electron chi connectivity index (χ4n) is 11.6. The molecule has 4 N–H and O–H groups in total. The first-order valence-electron chi connectivity index (χ1n) is 31.5. The van der Waals surface area contributed by atoms with Crippen LogP contribution in [0.3, 0.4) is 0 Å². The van der Waals surface area contributed by atoms with E-state index in [2.05, 4.69) is 37.1 Å². The van der Waals surface area contributed by atoms with E-state index in [0.29, 0.717) is 72.5 Å². The fourth-order valence-corrected chi connectivity index (χ4v) is 14.3. The number of alkyl halides is 5. The Morgan fingerprint density at radius 3 is 1.13 bits per heavy atom. The van der Waals surface area contributed by atoms with Crippen LogP contribution >= 0.6 is 11.6 Å². The Morgan fingerprint density at radius 1 is 0.533 bits per heavy atom. The number of carbonyl (C=O) groups is 8. The number of ketones is 2. The third-order valence-electron chi connectivity index (χ3n) is 16.9. The maximum Gasteiger partial charge on any atom is 0.300 e. The van der Waals surface area contributed by atoms with Crippen LogP contribution in [0.4, 0.5) is 17.6 Å². The molecule has 0 aromatic heterocycles. The van der Waals surface area contributed by atoms with E-state index in [-0.39, 0.29) is 104 Å². The zero-order valence-electron chi connectivity index (χ0n) is 54.8. The maximum atomic E-state index is 13.9. The zero-order chi connectivity index (χ0) is 68.7. The van der Waals surface area contributed by atoms with Gasteiger partial charge in [-0.3, -0.25) is 48.2 Å². The van der Waals surface area contributed by atoms with E-state index in [1.165, 1.54) is 29.5 Å². The number of carbonyl (C=O) groups excluding carboxylic acids is 6. The SMILES string of the molecule is C.CC(=O)O.CC(=O)O.CCC1CCCC(CN2C(=O)c3ccccc3C2=O)C1=O.CCC1CCCC(CNS(C)(=O)=O)C1(F)F.CCC1CCCC(CNS(C)(=O)=O)C1(F)F.CCC1CCCCC1=O.CC[Si](CC)CC.O=C1c2ccccc2C(=O)N1CCl.[Pd]. The molecule has 2 aromatic carbocycles. The molecule has 4 fully saturated rings. The predicted octanol–water partition coefficient (Wildman–Crippen LogP) is 13.7. The van der Waals surface area contributed by atoms with Crippen LogP contribution < -0.4 is 9.44 Å². The van der Waals surface area contributed by atoms with Crippen molar-refractivity contribution in [2.45, 2.75) is 209 Å². The molecule has 0 saturated heterocycles. The monoisotopic (exact) mass is 1470 g/mol. The molecule has 0 bridgehead atoms. The van der Waals surface area contributed by atoms with Gasteiger partial charge in [-0.15, -0.1) is 11.6 Å². The van der Waals surface area contributed by atoms with E-state index < -0.39 is 67.5 Å². The summed E-state index contributed by atoms with van der Waals surface area (Å²) in [5, 5.41) is 14.8. The summed E-state index contributed by atoms with van der Waals surface area (Å²) in [6, 6.07) is 17.8. The van der Waals surface area contributed by atoms with E-state index in [0.717, 1.165) is 95.5 Å². The number of halogens is 5. The molecule has 4 saturated carbocycles. The van der Waals surface area contributed by atoms with Crippen LogP contribution in [0.2, 0.25) is 18.1 Å². The van der Waals surface area contributed by atoms with E-state index in [9.17, 15) is 63.2 Å². The largest absolute Gasteiger partial charge is 0.481 e. The van der Waals surface area contributed by atoms with Crippen molar-refractivity contribution in [3.8, 4) is 0 Å². The molecule has 8 rings (SSSR count). The molecule has 92 heavy (non-hydrogen) atoms. The van der Waals surface area contributed by atoms with Crippen molar-refractivity contribution in [1.82, 2.24) is 19.2 Å². The number of amides is 4. The number of fused-ring (bicyclic) bond motifs is 2. The summed E-state index contributed by atoms with van der Waals surface area (Å²) in [6.07, 6.45) is 15.3. The van der Waals surface area contributed by atoms with Crippen molar-refractivity contribution >= 4 is 87.6 Å². The fraction of sp³-hybridized carbons (Fsp3) is 0.692. The van der Waals surface area contributed by atoms with Gasteiger partial charge in [-0.25, -0.2) is 43.8 Å². The topological polar surface area (TPSA) is 276 Å². The summed E-state index contributed by atoms with van der Waals surface area (Å²) in [7, 11) is -6.63. The predicted molar refractivity (Wildman–Crippen MR) is 351 cm³/mol. The van der Waals surface area contributed by atoms with Gasteiger partial charge < -0.3 is 10.2 Å². The van der Waals surface area contributed by atoms with E-state index in [4.69, 9.17) is 31.4 Å². The average molecular weight is 1480 g/mol. The van der Waals surface area contributed by atoms with Crippen molar-refractivity contribution in [2.24, 2.45) is 41.4 Å². The molecule has 4 amide bonds. The first-order valence-corrected chi connectivity index (χ1v) is 37.9. The number of carboxylic acid groups (broad SMARTS) is 2. The van der Waals surface area contributed by atoms with Crippen LogP contribution in [-0.4, -0.2) is 143 Å². The number of rotatable bonds is 16. The van der Waals surface area contributed by atoms with Crippen LogP contribution in [0.1, 0.15) is 220 Å². The molecular formula is C65H104ClF4N4O14PdS2Si. The summed E-state index contributed by atoms with van der Waals surface area (Å²) in [5.74, 6) is -10.2. The van der Waals surface area contributed by atoms with Gasteiger partial charge in [0.1, 0.15) is 17.6 Å². The van der Waals surface area contributed by atoms with Gasteiger partial charge in [0.2, 0.25) is 20.0 Å². The Labute approximate surface area is 566 Å². The molecule has 0 spiro atoms. The molecule has 4 aliphatic carbocycles. The molecule has 27 heteroatoms. The molecule has 7 unspecified atom stereocenters. The minimum absolute atomic E-state index is 0. The Bertz CT molecular complexity index is 2720. The number of sulfonamides is 2. The minimum Gasteiger partial charge on any atom is -0.481 e. The maximum absolute atomic E-state index is 13.9. The van der Waals surface area contributed by atoms with Gasteiger partial charge in [0.15, 0.2) is 0 Å². The van der Waals surface area contributed by atoms with Crippen LogP contribution in [0, 0.1) is 41.4 Å². The van der Waals surface area contributed by atoms with Crippen LogP contribution in [-0.2, 0) is 59.6 Å². The van der Waals surface area contributed by atoms with E-state index in [1.54, 1.807) is 62.4 Å². The van der Waals surface area contributed by atoms with E-state index in [1.807, 2.05) is 6.92 Å². The molecule has 1 radical (unpaired) electrons. The number of aliphatic carboxylic acids is 2. The number of Topliss-reactive ketones (excluding diaryl/α,β-unsaturated/α-hetero) is 2. The van der Waals surface area contributed by atoms with Gasteiger partial charge in [-0.2, -0.15) is 0 Å². The van der Waals surface area contributed by atoms with Crippen molar-refractivity contribution in [3.05, 3.63) is 70.8 Å². The van der Waals surface area contributed by atoms with Gasteiger partial charge in [0.25, 0.3) is 47.4 Å². The second-order valence-electron chi connectivity index (χ2n) is 23.3. The number of benzene rings is 2. The Morgan fingerprint density at radius 2 is 0.848 bits per heavy atom. The standard InChI is InChI=1S/C17H19NO3.2C10H19F2NO2S.C9H6ClNO2.C8H14O.C6H15Si.2C2H4O2.CH4.Pd/c1-2-11-6-5-7-12(15(11)19)10-18-16(20)13-8-3-4-9-14(13)17(18)21;2*1-3-8-5-4-6-9(10(8,11)12)7-13-16(2,14)15;10-5-11-8(12)6-3-1-2-4-7(6)9(11)13;1-2-7-5-3-4-6-8(7)9;1-4-7(5-2)6-3;2*1-2(3)4;;/h3-4,8-9,11-12H,2,5-7,10H2,1H3;2*8-9,13H,3-7H2,1-2H3;1-4H,5H2;7H,2-6H2,1H3;4-6H2,1-3H3;2*1H3,(H,3,4);1H4;. The summed E-state index contributed by atoms with van der Waals surface area (Å²) < 4.78 is 103. The molecule has 2 aliphatic heterocycles. The quantitative estimate of drug-likeness (QED) is 0.0400. The second-order valence-corrected chi connectivity index (χ2v) is 30.9. The minimum atomic E-state index is -3.38. The second kappa shape index (κ2) is 44.4. The number of carboxylic acids is 2. The number of nitrogens with one attached hydrogen (secondary N) is 2. The Kier molecular flexibility index (Phi) is 43.4. The Hall–Kier alpha value is -4.29. The number of hydrogen-bond donors (Lipinski definition) is 4. The van der Waals surface area contributed by atoms with Crippen molar-refractivity contribution in [3.63, 3.8) is 0 Å². The van der Waals surface area contributed by atoms with Gasteiger partial charge in [-0.1, -0.05) is 124 Å². The van der Waals surface area contributed by atoms with Crippen LogP contribution in [0.25, 0.3) is 0 Å². The van der Waals surface area contributed by atoms with Gasteiger partial charge in [0.05, 0.1) is 34.8 Å². The van der Waals surface area contributed by atoms with Crippen LogP contribution in [0.15, 0.2) is 48.5 Å². The number of hydrogen-bond acceptors (Lipinski definition) is 12. The van der Waals surface area contributed by atoms with Gasteiger partial charge >= 0.3 is 0 Å². The molecule has 2 heterocycles. The van der Waals surface area contributed by atoms with Crippen molar-refractivity contribution in [2.75, 3.05) is 38.1 Å². The summed E-state index contributed by atoms with van der Waals surface area (Å²) in [5.41, 5.74) is 1.79. The van der Waals surface area contributed by atoms with Gasteiger partial charge in [-0.05, 0) is 101 Å². The Balaban J connectivity index is 0.